The number of hydrogen-bond acceptors (Lipinski definition) is 2. The first-order valence-corrected chi connectivity index (χ1v) is 3.19. The van der Waals surface area contributed by atoms with Gasteiger partial charge in [0.2, 0.25) is 0 Å². The van der Waals surface area contributed by atoms with Gasteiger partial charge < -0.3 is 5.11 Å². The maximum absolute atomic E-state index is 10.8. The molecule has 50 valence electrons. The molecule has 0 amide bonds. The molecule has 0 saturated heterocycles. The van der Waals surface area contributed by atoms with Crippen molar-refractivity contribution >= 4 is 5.78 Å². The van der Waals surface area contributed by atoms with Crippen LogP contribution in [-0.4, -0.2) is 10.9 Å². The van der Waals surface area contributed by atoms with Gasteiger partial charge in [0, 0.05) is 5.92 Å². The minimum absolute atomic E-state index is 0.0400. The molecule has 0 radical (unpaired) electrons. The molecule has 0 saturated carbocycles. The molecule has 2 nitrogen and oxygen atoms in total. The summed E-state index contributed by atoms with van der Waals surface area (Å²) in [4.78, 5) is 10.8. The number of Topliss-reactive ketones (excluding diaryl/α,β-unsaturated/α-hetero) is 1. The third-order valence-corrected chi connectivity index (χ3v) is 1.71. The van der Waals surface area contributed by atoms with Crippen LogP contribution in [0.2, 0.25) is 0 Å². The lowest BCUT2D eigenvalue weighted by Crippen LogP contribution is -2.08. The highest BCUT2D eigenvalue weighted by molar-refractivity contribution is 5.97. The lowest BCUT2D eigenvalue weighted by molar-refractivity contribution is -0.120. The molecule has 9 heavy (non-hydrogen) atoms. The van der Waals surface area contributed by atoms with E-state index in [1.165, 1.54) is 0 Å². The van der Waals surface area contributed by atoms with Gasteiger partial charge in [0.15, 0.2) is 11.5 Å². The van der Waals surface area contributed by atoms with Crippen molar-refractivity contribution in [3.63, 3.8) is 0 Å². The minimum Gasteiger partial charge on any atom is -0.505 e. The highest BCUT2D eigenvalue weighted by Crippen LogP contribution is 2.21. The van der Waals surface area contributed by atoms with Gasteiger partial charge in [0.25, 0.3) is 0 Å². The van der Waals surface area contributed by atoms with Gasteiger partial charge >= 0.3 is 0 Å². The molecule has 0 spiro atoms. The van der Waals surface area contributed by atoms with Crippen LogP contribution in [0.4, 0.5) is 0 Å². The van der Waals surface area contributed by atoms with Crippen LogP contribution in [0.25, 0.3) is 0 Å². The number of aliphatic hydroxyl groups is 1. The number of rotatable bonds is 1. The summed E-state index contributed by atoms with van der Waals surface area (Å²) in [5.74, 6) is -0.0654. The number of ketones is 1. The molecular weight excluding hydrogens is 116 g/mol. The first kappa shape index (κ1) is 6.33. The van der Waals surface area contributed by atoms with Crippen molar-refractivity contribution in [2.75, 3.05) is 0 Å². The van der Waals surface area contributed by atoms with Gasteiger partial charge in [-0.1, -0.05) is 6.92 Å². The van der Waals surface area contributed by atoms with E-state index in [4.69, 9.17) is 5.11 Å². The molecule has 0 heterocycles. The van der Waals surface area contributed by atoms with Crippen molar-refractivity contribution in [1.82, 2.24) is 0 Å². The zero-order valence-electron chi connectivity index (χ0n) is 5.42. The fourth-order valence-corrected chi connectivity index (χ4v) is 1.02. The highest BCUT2D eigenvalue weighted by atomic mass is 16.3. The molecular formula is C7H10O2. The monoisotopic (exact) mass is 126 g/mol. The minimum atomic E-state index is -0.0856. The lowest BCUT2D eigenvalue weighted by Gasteiger charge is -2.00. The SMILES string of the molecule is CCC1CC=C(O)C1=O. The van der Waals surface area contributed by atoms with Crippen LogP contribution in [0.15, 0.2) is 11.8 Å². The van der Waals surface area contributed by atoms with Crippen LogP contribution in [0, 0.1) is 5.92 Å². The summed E-state index contributed by atoms with van der Waals surface area (Å²) in [5.41, 5.74) is 0. The maximum atomic E-state index is 10.8. The molecule has 0 aromatic carbocycles. The fourth-order valence-electron chi connectivity index (χ4n) is 1.02. The second kappa shape index (κ2) is 2.21. The van der Waals surface area contributed by atoms with Crippen LogP contribution in [0.3, 0.4) is 0 Å². The standard InChI is InChI=1S/C7H10O2/c1-2-5-3-4-6(8)7(5)9/h4-5,8H,2-3H2,1H3. The lowest BCUT2D eigenvalue weighted by atomic mass is 10.0. The van der Waals surface area contributed by atoms with Crippen LogP contribution in [0.1, 0.15) is 19.8 Å². The molecule has 0 aromatic heterocycles. The van der Waals surface area contributed by atoms with Gasteiger partial charge in [0.1, 0.15) is 0 Å². The van der Waals surface area contributed by atoms with Crippen molar-refractivity contribution in [1.29, 1.82) is 0 Å². The first-order valence-electron chi connectivity index (χ1n) is 3.19. The van der Waals surface area contributed by atoms with Crippen molar-refractivity contribution in [2.24, 2.45) is 5.92 Å². The van der Waals surface area contributed by atoms with Crippen LogP contribution < -0.4 is 0 Å². The molecule has 1 rings (SSSR count). The van der Waals surface area contributed by atoms with E-state index in [2.05, 4.69) is 0 Å². The van der Waals surface area contributed by atoms with E-state index in [0.29, 0.717) is 0 Å². The third-order valence-electron chi connectivity index (χ3n) is 1.71. The molecule has 0 aliphatic heterocycles. The average Bonchev–Trinajstić information content (AvgIpc) is 2.15. The van der Waals surface area contributed by atoms with E-state index in [1.54, 1.807) is 6.08 Å². The summed E-state index contributed by atoms with van der Waals surface area (Å²) in [6.45, 7) is 1.95. The molecule has 1 aliphatic rings. The molecule has 0 aromatic rings. The Hall–Kier alpha value is -0.790. The van der Waals surface area contributed by atoms with E-state index in [-0.39, 0.29) is 17.5 Å². The summed E-state index contributed by atoms with van der Waals surface area (Å²) in [6.07, 6.45) is 3.15. The Kier molecular flexibility index (Phi) is 1.56. The Labute approximate surface area is 54.2 Å². The quantitative estimate of drug-likeness (QED) is 0.577. The molecule has 0 bridgehead atoms. The number of hydrogen-bond donors (Lipinski definition) is 1. The van der Waals surface area contributed by atoms with Crippen LogP contribution >= 0.6 is 0 Å². The van der Waals surface area contributed by atoms with Crippen LogP contribution in [-0.2, 0) is 4.79 Å². The first-order chi connectivity index (χ1) is 4.25. The molecule has 1 unspecified atom stereocenters. The zero-order chi connectivity index (χ0) is 6.85. The van der Waals surface area contributed by atoms with Gasteiger partial charge in [-0.3, -0.25) is 4.79 Å². The van der Waals surface area contributed by atoms with Crippen molar-refractivity contribution in [2.45, 2.75) is 19.8 Å². The number of carbonyl (C=O) groups is 1. The number of aliphatic hydroxyl groups excluding tert-OH is 1. The van der Waals surface area contributed by atoms with Gasteiger partial charge in [-0.05, 0) is 18.9 Å². The van der Waals surface area contributed by atoms with E-state index in [0.717, 1.165) is 12.8 Å². The largest absolute Gasteiger partial charge is 0.505 e. The van der Waals surface area contributed by atoms with E-state index >= 15 is 0 Å². The van der Waals surface area contributed by atoms with E-state index in [9.17, 15) is 4.79 Å². The van der Waals surface area contributed by atoms with E-state index < -0.39 is 0 Å². The van der Waals surface area contributed by atoms with E-state index in [1.807, 2.05) is 6.92 Å². The smallest absolute Gasteiger partial charge is 0.200 e. The molecule has 0 fully saturated rings. The summed E-state index contributed by atoms with van der Waals surface area (Å²) in [5, 5.41) is 8.81. The molecule has 2 heteroatoms. The van der Waals surface area contributed by atoms with Crippen molar-refractivity contribution < 1.29 is 9.90 Å². The topological polar surface area (TPSA) is 37.3 Å². The number of carbonyl (C=O) groups excluding carboxylic acids is 1. The maximum Gasteiger partial charge on any atom is 0.200 e. The fraction of sp³-hybridized carbons (Fsp3) is 0.571. The number of allylic oxidation sites excluding steroid dienone is 2. The van der Waals surface area contributed by atoms with Gasteiger partial charge in [-0.25, -0.2) is 0 Å². The molecule has 1 N–H and O–H groups in total. The summed E-state index contributed by atoms with van der Waals surface area (Å²) < 4.78 is 0. The second-order valence-corrected chi connectivity index (χ2v) is 2.29. The van der Waals surface area contributed by atoms with Gasteiger partial charge in [0.05, 0.1) is 0 Å². The molecule has 1 aliphatic carbocycles. The van der Waals surface area contributed by atoms with Crippen molar-refractivity contribution in [3.05, 3.63) is 11.8 Å². The summed E-state index contributed by atoms with van der Waals surface area (Å²) >= 11 is 0. The predicted molar refractivity (Wildman–Crippen MR) is 34.1 cm³/mol. The zero-order valence-corrected chi connectivity index (χ0v) is 5.42. The Morgan fingerprint density at radius 1 is 1.89 bits per heavy atom. The second-order valence-electron chi connectivity index (χ2n) is 2.29. The predicted octanol–water partition coefficient (Wildman–Crippen LogP) is 1.43. The Morgan fingerprint density at radius 3 is 2.78 bits per heavy atom. The van der Waals surface area contributed by atoms with Gasteiger partial charge in [-0.2, -0.15) is 0 Å². The van der Waals surface area contributed by atoms with Crippen LogP contribution in [0.5, 0.6) is 0 Å². The Morgan fingerprint density at radius 2 is 2.56 bits per heavy atom. The molecule has 1 atom stereocenters. The highest BCUT2D eigenvalue weighted by Gasteiger charge is 2.24. The summed E-state index contributed by atoms with van der Waals surface area (Å²) in [7, 11) is 0. The Balaban J connectivity index is 2.62. The normalized spacial score (nSPS) is 26.6. The van der Waals surface area contributed by atoms with Crippen molar-refractivity contribution in [3.8, 4) is 0 Å². The summed E-state index contributed by atoms with van der Waals surface area (Å²) in [6, 6.07) is 0. The Bertz CT molecular complexity index is 158. The average molecular weight is 126 g/mol. The third kappa shape index (κ3) is 0.969. The van der Waals surface area contributed by atoms with Gasteiger partial charge in [-0.15, -0.1) is 0 Å².